The summed E-state index contributed by atoms with van der Waals surface area (Å²) in [5.41, 5.74) is 3.18. The summed E-state index contributed by atoms with van der Waals surface area (Å²) in [6.07, 6.45) is 1.49. The second-order valence-electron chi connectivity index (χ2n) is 7.44. The molecule has 1 N–H and O–H groups in total. The van der Waals surface area contributed by atoms with Gasteiger partial charge in [-0.15, -0.1) is 0 Å². The molecule has 2 amide bonds. The van der Waals surface area contributed by atoms with Crippen molar-refractivity contribution in [3.63, 3.8) is 0 Å². The van der Waals surface area contributed by atoms with Gasteiger partial charge in [0.1, 0.15) is 18.2 Å². The van der Waals surface area contributed by atoms with Crippen LogP contribution in [0.5, 0.6) is 5.75 Å². The van der Waals surface area contributed by atoms with Crippen molar-refractivity contribution in [3.8, 4) is 5.75 Å². The van der Waals surface area contributed by atoms with E-state index in [1.54, 1.807) is 41.3 Å². The summed E-state index contributed by atoms with van der Waals surface area (Å²) in [5.74, 6) is 0.229. The number of halogens is 1. The molecule has 0 unspecified atom stereocenters. The third kappa shape index (κ3) is 5.28. The lowest BCUT2D eigenvalue weighted by atomic mass is 10.1. The molecular formula is C25H23FN2O3. The van der Waals surface area contributed by atoms with Crippen LogP contribution in [0, 0.1) is 5.82 Å². The average Bonchev–Trinajstić information content (AvgIpc) is 3.23. The lowest BCUT2D eigenvalue weighted by Crippen LogP contribution is -2.24. The Balaban J connectivity index is 1.31. The van der Waals surface area contributed by atoms with E-state index in [-0.39, 0.29) is 24.2 Å². The quantitative estimate of drug-likeness (QED) is 0.616. The van der Waals surface area contributed by atoms with Crippen LogP contribution in [0.15, 0.2) is 72.8 Å². The molecule has 6 heteroatoms. The van der Waals surface area contributed by atoms with Gasteiger partial charge in [0.15, 0.2) is 0 Å². The zero-order valence-electron chi connectivity index (χ0n) is 17.0. The number of amides is 2. The summed E-state index contributed by atoms with van der Waals surface area (Å²) in [6.45, 7) is 1.43. The Morgan fingerprint density at radius 2 is 1.74 bits per heavy atom. The number of hydrogen-bond donors (Lipinski definition) is 1. The number of nitrogens with zero attached hydrogens (tertiary/aromatic N) is 1. The van der Waals surface area contributed by atoms with Crippen LogP contribution in [-0.2, 0) is 17.9 Å². The Kier molecular flexibility index (Phi) is 6.26. The molecule has 158 valence electrons. The fourth-order valence-corrected chi connectivity index (χ4v) is 3.47. The molecule has 1 aliphatic heterocycles. The molecule has 0 bridgehead atoms. The van der Waals surface area contributed by atoms with Gasteiger partial charge >= 0.3 is 0 Å². The fraction of sp³-hybridized carbons (Fsp3) is 0.200. The Morgan fingerprint density at radius 3 is 2.45 bits per heavy atom. The van der Waals surface area contributed by atoms with Gasteiger partial charge in [-0.3, -0.25) is 9.59 Å². The Hall–Kier alpha value is -3.67. The molecule has 4 rings (SSSR count). The molecule has 1 aliphatic rings. The lowest BCUT2D eigenvalue weighted by molar-refractivity contribution is -0.117. The van der Waals surface area contributed by atoms with Gasteiger partial charge in [0.25, 0.3) is 5.91 Å². The van der Waals surface area contributed by atoms with Gasteiger partial charge in [-0.2, -0.15) is 0 Å². The molecule has 0 aliphatic carbocycles. The number of benzene rings is 3. The first-order valence-electron chi connectivity index (χ1n) is 10.2. The number of hydrogen-bond acceptors (Lipinski definition) is 3. The first-order chi connectivity index (χ1) is 15.1. The topological polar surface area (TPSA) is 58.6 Å². The number of carbonyl (C=O) groups is 2. The summed E-state index contributed by atoms with van der Waals surface area (Å²) in [6, 6.07) is 20.7. The molecule has 0 saturated carbocycles. The summed E-state index contributed by atoms with van der Waals surface area (Å²) >= 11 is 0. The molecule has 0 spiro atoms. The molecule has 1 saturated heterocycles. The molecule has 5 nitrogen and oxygen atoms in total. The van der Waals surface area contributed by atoms with E-state index in [1.165, 1.54) is 12.1 Å². The maximum atomic E-state index is 13.0. The summed E-state index contributed by atoms with van der Waals surface area (Å²) in [4.78, 5) is 26.2. The highest BCUT2D eigenvalue weighted by Crippen LogP contribution is 2.21. The van der Waals surface area contributed by atoms with Gasteiger partial charge in [0.05, 0.1) is 0 Å². The number of nitrogens with one attached hydrogen (secondary N) is 1. The maximum Gasteiger partial charge on any atom is 0.251 e. The van der Waals surface area contributed by atoms with Gasteiger partial charge in [-0.05, 0) is 60.0 Å². The average molecular weight is 418 g/mol. The van der Waals surface area contributed by atoms with E-state index in [2.05, 4.69) is 5.32 Å². The van der Waals surface area contributed by atoms with Crippen LogP contribution in [0.2, 0.25) is 0 Å². The van der Waals surface area contributed by atoms with Crippen molar-refractivity contribution in [2.24, 2.45) is 0 Å². The number of carbonyl (C=O) groups excluding carboxylic acids is 2. The largest absolute Gasteiger partial charge is 0.489 e. The van der Waals surface area contributed by atoms with E-state index in [4.69, 9.17) is 4.74 Å². The van der Waals surface area contributed by atoms with Crippen LogP contribution >= 0.6 is 0 Å². The zero-order valence-corrected chi connectivity index (χ0v) is 17.0. The zero-order chi connectivity index (χ0) is 21.6. The van der Waals surface area contributed by atoms with Gasteiger partial charge in [-0.1, -0.05) is 30.3 Å². The second-order valence-corrected chi connectivity index (χ2v) is 7.44. The van der Waals surface area contributed by atoms with Crippen LogP contribution in [0.1, 0.15) is 34.3 Å². The summed E-state index contributed by atoms with van der Waals surface area (Å²) < 4.78 is 18.7. The van der Waals surface area contributed by atoms with E-state index >= 15 is 0 Å². The molecule has 1 fully saturated rings. The standard InChI is InChI=1S/C25H23FN2O3/c26-21-10-6-19(7-11-21)17-31-23-4-1-3-20(15-23)25(30)27-16-18-8-12-22(13-9-18)28-14-2-5-24(28)29/h1,3-4,6-13,15H,2,5,14,16-17H2,(H,27,30). The third-order valence-electron chi connectivity index (χ3n) is 5.19. The molecule has 3 aromatic rings. The lowest BCUT2D eigenvalue weighted by Gasteiger charge is -2.16. The van der Waals surface area contributed by atoms with Crippen LogP contribution in [0.4, 0.5) is 10.1 Å². The van der Waals surface area contributed by atoms with E-state index in [9.17, 15) is 14.0 Å². The third-order valence-corrected chi connectivity index (χ3v) is 5.19. The Labute approximate surface area is 180 Å². The van der Waals surface area contributed by atoms with Crippen LogP contribution in [0.25, 0.3) is 0 Å². The molecule has 0 radical (unpaired) electrons. The van der Waals surface area contributed by atoms with Crippen molar-refractivity contribution < 1.29 is 18.7 Å². The van der Waals surface area contributed by atoms with E-state index in [0.717, 1.165) is 29.8 Å². The van der Waals surface area contributed by atoms with Gasteiger partial charge in [0.2, 0.25) is 5.91 Å². The summed E-state index contributed by atoms with van der Waals surface area (Å²) in [7, 11) is 0. The second kappa shape index (κ2) is 9.43. The van der Waals surface area contributed by atoms with Crippen LogP contribution in [0.3, 0.4) is 0 Å². The predicted octanol–water partition coefficient (Wildman–Crippen LogP) is 4.46. The van der Waals surface area contributed by atoms with E-state index < -0.39 is 0 Å². The smallest absolute Gasteiger partial charge is 0.251 e. The maximum absolute atomic E-state index is 13.0. The van der Waals surface area contributed by atoms with Crippen LogP contribution < -0.4 is 15.0 Å². The highest BCUT2D eigenvalue weighted by Gasteiger charge is 2.21. The first-order valence-corrected chi connectivity index (χ1v) is 10.2. The number of rotatable bonds is 7. The monoisotopic (exact) mass is 418 g/mol. The van der Waals surface area contributed by atoms with Crippen LogP contribution in [-0.4, -0.2) is 18.4 Å². The van der Waals surface area contributed by atoms with Crippen molar-refractivity contribution in [2.75, 3.05) is 11.4 Å². The van der Waals surface area contributed by atoms with E-state index in [1.807, 2.05) is 24.3 Å². The molecule has 0 atom stereocenters. The number of anilines is 1. The van der Waals surface area contributed by atoms with Gasteiger partial charge < -0.3 is 15.0 Å². The first kappa shape index (κ1) is 20.6. The molecule has 3 aromatic carbocycles. The van der Waals surface area contributed by atoms with Crippen molar-refractivity contribution in [3.05, 3.63) is 95.3 Å². The highest BCUT2D eigenvalue weighted by molar-refractivity contribution is 5.95. The Bertz CT molecular complexity index is 1060. The van der Waals surface area contributed by atoms with E-state index in [0.29, 0.717) is 24.3 Å². The minimum atomic E-state index is -0.290. The van der Waals surface area contributed by atoms with Crippen molar-refractivity contribution in [1.82, 2.24) is 5.32 Å². The minimum absolute atomic E-state index is 0.155. The molecule has 1 heterocycles. The summed E-state index contributed by atoms with van der Waals surface area (Å²) in [5, 5.41) is 2.90. The minimum Gasteiger partial charge on any atom is -0.489 e. The van der Waals surface area contributed by atoms with Gasteiger partial charge in [0, 0.05) is 30.8 Å². The van der Waals surface area contributed by atoms with Crippen molar-refractivity contribution in [1.29, 1.82) is 0 Å². The number of ether oxygens (including phenoxy) is 1. The molecule has 31 heavy (non-hydrogen) atoms. The molecular weight excluding hydrogens is 395 g/mol. The van der Waals surface area contributed by atoms with Crippen molar-refractivity contribution >= 4 is 17.5 Å². The highest BCUT2D eigenvalue weighted by atomic mass is 19.1. The van der Waals surface area contributed by atoms with Crippen molar-refractivity contribution in [2.45, 2.75) is 26.0 Å². The Morgan fingerprint density at radius 1 is 1.00 bits per heavy atom. The predicted molar refractivity (Wildman–Crippen MR) is 116 cm³/mol. The fourth-order valence-electron chi connectivity index (χ4n) is 3.47. The SMILES string of the molecule is O=C(NCc1ccc(N2CCCC2=O)cc1)c1cccc(OCc2ccc(F)cc2)c1. The molecule has 0 aromatic heterocycles. The normalized spacial score (nSPS) is 13.3. The van der Waals surface area contributed by atoms with Gasteiger partial charge in [-0.25, -0.2) is 4.39 Å².